The number of nitrogens with zero attached hydrogens (tertiary/aromatic N) is 1. The van der Waals surface area contributed by atoms with Crippen LogP contribution in [0.15, 0.2) is 27.1 Å². The first-order valence-electron chi connectivity index (χ1n) is 6.41. The molecule has 2 heterocycles. The summed E-state index contributed by atoms with van der Waals surface area (Å²) in [7, 11) is 0. The summed E-state index contributed by atoms with van der Waals surface area (Å²) in [4.78, 5) is 30.7. The first-order chi connectivity index (χ1) is 9.58. The van der Waals surface area contributed by atoms with Crippen molar-refractivity contribution in [1.29, 1.82) is 0 Å². The van der Waals surface area contributed by atoms with E-state index < -0.39 is 11.2 Å². The normalized spacial score (nSPS) is 12.8. The Balaban J connectivity index is 2.64. The SMILES string of the molecule is CCN(CC)C(c1cccs1)c1c(O)[nH]c(=O)[nH]c1=O. The van der Waals surface area contributed by atoms with Gasteiger partial charge >= 0.3 is 5.69 Å². The van der Waals surface area contributed by atoms with Crippen molar-refractivity contribution < 1.29 is 5.11 Å². The zero-order valence-electron chi connectivity index (χ0n) is 11.3. The van der Waals surface area contributed by atoms with E-state index in [2.05, 4.69) is 14.9 Å². The van der Waals surface area contributed by atoms with E-state index >= 15 is 0 Å². The molecule has 0 aliphatic heterocycles. The highest BCUT2D eigenvalue weighted by molar-refractivity contribution is 7.10. The maximum atomic E-state index is 12.1. The predicted octanol–water partition coefficient (Wildman–Crippen LogP) is 1.26. The van der Waals surface area contributed by atoms with Gasteiger partial charge < -0.3 is 5.11 Å². The summed E-state index contributed by atoms with van der Waals surface area (Å²) in [6.45, 7) is 5.41. The lowest BCUT2D eigenvalue weighted by atomic mass is 10.1. The molecule has 0 aliphatic rings. The second-order valence-electron chi connectivity index (χ2n) is 4.31. The van der Waals surface area contributed by atoms with Crippen molar-refractivity contribution in [1.82, 2.24) is 14.9 Å². The number of aromatic nitrogens is 2. The van der Waals surface area contributed by atoms with Crippen LogP contribution in [-0.2, 0) is 0 Å². The van der Waals surface area contributed by atoms with E-state index in [9.17, 15) is 14.7 Å². The van der Waals surface area contributed by atoms with Crippen LogP contribution in [0.4, 0.5) is 0 Å². The van der Waals surface area contributed by atoms with Crippen LogP contribution in [0.3, 0.4) is 0 Å². The van der Waals surface area contributed by atoms with Crippen LogP contribution in [0.25, 0.3) is 0 Å². The molecule has 2 rings (SSSR count). The second-order valence-corrected chi connectivity index (χ2v) is 5.29. The largest absolute Gasteiger partial charge is 0.494 e. The number of hydrogen-bond donors (Lipinski definition) is 3. The van der Waals surface area contributed by atoms with Crippen LogP contribution >= 0.6 is 11.3 Å². The molecule has 0 aromatic carbocycles. The molecule has 0 saturated heterocycles. The number of aromatic hydroxyl groups is 1. The Bertz CT molecular complexity index is 671. The van der Waals surface area contributed by atoms with Gasteiger partial charge in [-0.05, 0) is 24.5 Å². The number of hydrogen-bond acceptors (Lipinski definition) is 5. The molecule has 0 fully saturated rings. The predicted molar refractivity (Wildman–Crippen MR) is 78.4 cm³/mol. The Labute approximate surface area is 119 Å². The van der Waals surface area contributed by atoms with Gasteiger partial charge in [-0.25, -0.2) is 4.79 Å². The summed E-state index contributed by atoms with van der Waals surface area (Å²) in [6, 6.07) is 3.44. The van der Waals surface area contributed by atoms with Gasteiger partial charge in [-0.15, -0.1) is 11.3 Å². The molecule has 1 atom stereocenters. The van der Waals surface area contributed by atoms with Gasteiger partial charge in [0.2, 0.25) is 5.88 Å². The molecule has 1 unspecified atom stereocenters. The highest BCUT2D eigenvalue weighted by Crippen LogP contribution is 2.32. The fourth-order valence-electron chi connectivity index (χ4n) is 2.28. The highest BCUT2D eigenvalue weighted by Gasteiger charge is 2.27. The van der Waals surface area contributed by atoms with Crippen LogP contribution in [0.1, 0.15) is 30.3 Å². The number of thiophene rings is 1. The molecule has 0 aliphatic carbocycles. The summed E-state index contributed by atoms with van der Waals surface area (Å²) < 4.78 is 0. The van der Waals surface area contributed by atoms with Crippen LogP contribution in [-0.4, -0.2) is 33.1 Å². The first-order valence-corrected chi connectivity index (χ1v) is 7.29. The summed E-state index contributed by atoms with van der Waals surface area (Å²) in [5, 5.41) is 11.9. The van der Waals surface area contributed by atoms with Gasteiger partial charge in [0.15, 0.2) is 0 Å². The lowest BCUT2D eigenvalue weighted by Gasteiger charge is -2.28. The van der Waals surface area contributed by atoms with E-state index in [4.69, 9.17) is 0 Å². The zero-order chi connectivity index (χ0) is 14.7. The number of H-pyrrole nitrogens is 2. The first kappa shape index (κ1) is 14.5. The summed E-state index contributed by atoms with van der Waals surface area (Å²) >= 11 is 1.51. The van der Waals surface area contributed by atoms with E-state index in [0.29, 0.717) is 0 Å². The van der Waals surface area contributed by atoms with Gasteiger partial charge in [0, 0.05) is 4.88 Å². The average molecular weight is 295 g/mol. The van der Waals surface area contributed by atoms with E-state index in [-0.39, 0.29) is 17.5 Å². The third-order valence-corrected chi connectivity index (χ3v) is 4.15. The molecule has 0 radical (unpaired) electrons. The lowest BCUT2D eigenvalue weighted by Crippen LogP contribution is -2.35. The van der Waals surface area contributed by atoms with Crippen molar-refractivity contribution in [2.24, 2.45) is 0 Å². The Hall–Kier alpha value is -1.86. The third-order valence-electron chi connectivity index (χ3n) is 3.22. The monoisotopic (exact) mass is 295 g/mol. The molecule has 2 aromatic rings. The second kappa shape index (κ2) is 6.06. The fourth-order valence-corrected chi connectivity index (χ4v) is 3.15. The zero-order valence-corrected chi connectivity index (χ0v) is 12.2. The Kier molecular flexibility index (Phi) is 4.41. The van der Waals surface area contributed by atoms with Crippen LogP contribution in [0.5, 0.6) is 5.88 Å². The Morgan fingerprint density at radius 3 is 2.50 bits per heavy atom. The van der Waals surface area contributed by atoms with E-state index in [1.54, 1.807) is 0 Å². The minimum absolute atomic E-state index is 0.177. The van der Waals surface area contributed by atoms with Gasteiger partial charge in [0.25, 0.3) is 5.56 Å². The topological polar surface area (TPSA) is 89.2 Å². The molecule has 0 spiro atoms. The highest BCUT2D eigenvalue weighted by atomic mass is 32.1. The molecular formula is C13H17N3O3S. The Morgan fingerprint density at radius 1 is 1.30 bits per heavy atom. The van der Waals surface area contributed by atoms with E-state index in [0.717, 1.165) is 18.0 Å². The van der Waals surface area contributed by atoms with E-state index in [1.807, 2.05) is 31.4 Å². The van der Waals surface area contributed by atoms with Crippen molar-refractivity contribution in [3.8, 4) is 5.88 Å². The molecule has 108 valence electrons. The van der Waals surface area contributed by atoms with Crippen molar-refractivity contribution >= 4 is 11.3 Å². The summed E-state index contributed by atoms with van der Waals surface area (Å²) in [5.41, 5.74) is -1.09. The fraction of sp³-hybridized carbons (Fsp3) is 0.385. The van der Waals surface area contributed by atoms with Gasteiger partial charge in [-0.2, -0.15) is 0 Å². The molecular weight excluding hydrogens is 278 g/mol. The molecule has 0 amide bonds. The number of aromatic amines is 2. The molecule has 6 nitrogen and oxygen atoms in total. The lowest BCUT2D eigenvalue weighted by molar-refractivity contribution is 0.246. The third kappa shape index (κ3) is 2.68. The van der Waals surface area contributed by atoms with Gasteiger partial charge in [-0.3, -0.25) is 19.7 Å². The number of nitrogens with one attached hydrogen (secondary N) is 2. The number of rotatable bonds is 5. The minimum atomic E-state index is -0.708. The van der Waals surface area contributed by atoms with Crippen molar-refractivity contribution in [2.45, 2.75) is 19.9 Å². The van der Waals surface area contributed by atoms with Crippen LogP contribution in [0.2, 0.25) is 0 Å². The van der Waals surface area contributed by atoms with Gasteiger partial charge in [0.05, 0.1) is 11.6 Å². The summed E-state index contributed by atoms with van der Waals surface area (Å²) in [6.07, 6.45) is 0. The van der Waals surface area contributed by atoms with Crippen molar-refractivity contribution in [3.05, 3.63) is 48.8 Å². The maximum Gasteiger partial charge on any atom is 0.328 e. The maximum absolute atomic E-state index is 12.1. The van der Waals surface area contributed by atoms with Gasteiger partial charge in [-0.1, -0.05) is 19.9 Å². The molecule has 3 N–H and O–H groups in total. The van der Waals surface area contributed by atoms with Crippen LogP contribution < -0.4 is 11.2 Å². The van der Waals surface area contributed by atoms with Crippen molar-refractivity contribution in [2.75, 3.05) is 13.1 Å². The smallest absolute Gasteiger partial charge is 0.328 e. The van der Waals surface area contributed by atoms with Crippen molar-refractivity contribution in [3.63, 3.8) is 0 Å². The quantitative estimate of drug-likeness (QED) is 0.775. The van der Waals surface area contributed by atoms with E-state index in [1.165, 1.54) is 11.3 Å². The molecule has 2 aromatic heterocycles. The standard InChI is InChI=1S/C13H17N3O3S/c1-3-16(4-2)10(8-6-5-7-20-8)9-11(17)14-13(19)15-12(9)18/h5-7,10H,3-4H2,1-2H3,(H3,14,15,17,18,19). The molecule has 0 bridgehead atoms. The van der Waals surface area contributed by atoms with Gasteiger partial charge in [0.1, 0.15) is 0 Å². The minimum Gasteiger partial charge on any atom is -0.494 e. The van der Waals surface area contributed by atoms with Crippen LogP contribution in [0, 0.1) is 0 Å². The average Bonchev–Trinajstić information content (AvgIpc) is 2.90. The molecule has 0 saturated carbocycles. The molecule has 20 heavy (non-hydrogen) atoms. The molecule has 7 heteroatoms. The summed E-state index contributed by atoms with van der Waals surface area (Å²) in [5.74, 6) is -0.371. The Morgan fingerprint density at radius 2 is 2.00 bits per heavy atom.